The molecule has 3 aromatic carbocycles. The number of carbonyl (C=O) groups excluding carboxylic acids is 1. The lowest BCUT2D eigenvalue weighted by atomic mass is 10.2. The summed E-state index contributed by atoms with van der Waals surface area (Å²) in [6.45, 7) is 2.06. The fourth-order valence-corrected chi connectivity index (χ4v) is 4.66. The van der Waals surface area contributed by atoms with E-state index in [1.807, 2.05) is 48.5 Å². The molecule has 4 rings (SSSR count). The molecule has 0 aliphatic heterocycles. The third-order valence-electron chi connectivity index (χ3n) is 4.61. The van der Waals surface area contributed by atoms with Crippen LogP contribution < -0.4 is 5.32 Å². The number of para-hydroxylation sites is 3. The highest BCUT2D eigenvalue weighted by atomic mass is 32.2. The summed E-state index contributed by atoms with van der Waals surface area (Å²) in [5.74, 6) is 0.451. The maximum Gasteiger partial charge on any atom is 0.234 e. The van der Waals surface area contributed by atoms with Gasteiger partial charge in [-0.1, -0.05) is 53.7 Å². The molecule has 0 aliphatic rings. The number of nitriles is 1. The van der Waals surface area contributed by atoms with Gasteiger partial charge in [-0.2, -0.15) is 5.26 Å². The molecular weight excluding hydrogens is 424 g/mol. The monoisotopic (exact) mass is 444 g/mol. The molecule has 1 aromatic heterocycles. The van der Waals surface area contributed by atoms with E-state index in [1.54, 1.807) is 0 Å². The van der Waals surface area contributed by atoms with E-state index in [9.17, 15) is 4.79 Å². The van der Waals surface area contributed by atoms with Gasteiger partial charge in [0.05, 0.1) is 34.3 Å². The van der Waals surface area contributed by atoms with E-state index in [1.165, 1.54) is 29.1 Å². The van der Waals surface area contributed by atoms with Gasteiger partial charge in [-0.3, -0.25) is 9.36 Å². The first-order valence-electron chi connectivity index (χ1n) is 9.71. The van der Waals surface area contributed by atoms with Gasteiger partial charge in [0.1, 0.15) is 0 Å². The van der Waals surface area contributed by atoms with Gasteiger partial charge in [-0.25, -0.2) is 4.98 Å². The molecule has 0 spiro atoms. The molecule has 0 saturated carbocycles. The summed E-state index contributed by atoms with van der Waals surface area (Å²) in [6, 6.07) is 25.9. The van der Waals surface area contributed by atoms with E-state index in [4.69, 9.17) is 10.2 Å². The summed E-state index contributed by atoms with van der Waals surface area (Å²) in [4.78, 5) is 18.3. The second kappa shape index (κ2) is 9.73. The van der Waals surface area contributed by atoms with Crippen LogP contribution in [-0.2, 0) is 4.79 Å². The minimum atomic E-state index is -0.113. The van der Waals surface area contributed by atoms with Crippen molar-refractivity contribution in [2.45, 2.75) is 17.0 Å². The number of aromatic nitrogens is 2. The van der Waals surface area contributed by atoms with Gasteiger partial charge < -0.3 is 5.32 Å². The van der Waals surface area contributed by atoms with Crippen molar-refractivity contribution in [3.8, 4) is 11.8 Å². The number of nitrogens with one attached hydrogen (secondary N) is 1. The molecule has 0 unspecified atom stereocenters. The number of nitrogens with zero attached hydrogens (tertiary/aromatic N) is 3. The smallest absolute Gasteiger partial charge is 0.234 e. The second-order valence-corrected chi connectivity index (χ2v) is 8.79. The zero-order valence-corrected chi connectivity index (χ0v) is 18.5. The van der Waals surface area contributed by atoms with E-state index in [0.717, 1.165) is 32.5 Å². The third-order valence-corrected chi connectivity index (χ3v) is 6.49. The third kappa shape index (κ3) is 4.93. The highest BCUT2D eigenvalue weighted by Crippen LogP contribution is 2.29. The zero-order valence-electron chi connectivity index (χ0n) is 16.9. The Morgan fingerprint density at radius 1 is 1.03 bits per heavy atom. The van der Waals surface area contributed by atoms with Crippen LogP contribution in [-0.4, -0.2) is 27.0 Å². The fourth-order valence-electron chi connectivity index (χ4n) is 3.17. The molecule has 31 heavy (non-hydrogen) atoms. The molecule has 0 fully saturated rings. The molecule has 0 bridgehead atoms. The van der Waals surface area contributed by atoms with Crippen molar-refractivity contribution < 1.29 is 4.79 Å². The van der Waals surface area contributed by atoms with Crippen molar-refractivity contribution in [2.75, 3.05) is 16.8 Å². The molecule has 0 radical (unpaired) electrons. The van der Waals surface area contributed by atoms with Gasteiger partial charge in [0.25, 0.3) is 0 Å². The van der Waals surface area contributed by atoms with Crippen LogP contribution >= 0.6 is 23.5 Å². The number of benzene rings is 3. The highest BCUT2D eigenvalue weighted by Gasteiger charge is 2.15. The average molecular weight is 445 g/mol. The molecule has 1 amide bonds. The van der Waals surface area contributed by atoms with Crippen molar-refractivity contribution in [3.63, 3.8) is 0 Å². The Morgan fingerprint density at radius 2 is 1.77 bits per heavy atom. The Labute approximate surface area is 189 Å². The lowest BCUT2D eigenvalue weighted by Crippen LogP contribution is -2.15. The molecule has 7 heteroatoms. The molecular formula is C24H20N4OS2. The lowest BCUT2D eigenvalue weighted by Gasteiger charge is -2.11. The first kappa shape index (κ1) is 21.0. The topological polar surface area (TPSA) is 70.7 Å². The van der Waals surface area contributed by atoms with Gasteiger partial charge in [0.2, 0.25) is 5.91 Å². The van der Waals surface area contributed by atoms with E-state index >= 15 is 0 Å². The summed E-state index contributed by atoms with van der Waals surface area (Å²) >= 11 is 2.81. The highest BCUT2D eigenvalue weighted by molar-refractivity contribution is 8.00. The van der Waals surface area contributed by atoms with E-state index in [0.29, 0.717) is 5.75 Å². The zero-order chi connectivity index (χ0) is 21.6. The van der Waals surface area contributed by atoms with Crippen LogP contribution in [0.3, 0.4) is 0 Å². The number of hydrogen-bond donors (Lipinski definition) is 1. The molecule has 1 heterocycles. The first-order chi connectivity index (χ1) is 15.2. The van der Waals surface area contributed by atoms with Crippen molar-refractivity contribution in [1.29, 1.82) is 5.26 Å². The van der Waals surface area contributed by atoms with Crippen LogP contribution in [0.1, 0.15) is 5.56 Å². The predicted octanol–water partition coefficient (Wildman–Crippen LogP) is 5.68. The number of rotatable bonds is 7. The number of amides is 1. The SMILES string of the molecule is Cc1ccc(-n2c(SCC(=O)Nc3ccccc3SCC#N)nc3ccccc32)cc1. The Balaban J connectivity index is 1.55. The van der Waals surface area contributed by atoms with E-state index in [2.05, 4.69) is 47.1 Å². The second-order valence-electron chi connectivity index (χ2n) is 6.83. The van der Waals surface area contributed by atoms with Gasteiger partial charge >= 0.3 is 0 Å². The summed E-state index contributed by atoms with van der Waals surface area (Å²) in [7, 11) is 0. The van der Waals surface area contributed by atoms with Crippen LogP contribution in [0.2, 0.25) is 0 Å². The van der Waals surface area contributed by atoms with Gasteiger partial charge in [0, 0.05) is 10.6 Å². The van der Waals surface area contributed by atoms with Gasteiger partial charge in [-0.05, 0) is 43.3 Å². The molecule has 154 valence electrons. The van der Waals surface area contributed by atoms with Crippen LogP contribution in [0.4, 0.5) is 5.69 Å². The number of imidazole rings is 1. The Hall–Kier alpha value is -3.21. The maximum atomic E-state index is 12.7. The Bertz CT molecular complexity index is 1260. The normalized spacial score (nSPS) is 10.7. The number of aryl methyl sites for hydroxylation is 1. The van der Waals surface area contributed by atoms with Crippen molar-refractivity contribution in [3.05, 3.63) is 78.4 Å². The minimum absolute atomic E-state index is 0.113. The fraction of sp³-hybridized carbons (Fsp3) is 0.125. The minimum Gasteiger partial charge on any atom is -0.324 e. The summed E-state index contributed by atoms with van der Waals surface area (Å²) in [6.07, 6.45) is 0. The summed E-state index contributed by atoms with van der Waals surface area (Å²) < 4.78 is 2.09. The molecule has 0 saturated heterocycles. The summed E-state index contributed by atoms with van der Waals surface area (Å²) in [5, 5.41) is 12.6. The molecule has 0 atom stereocenters. The predicted molar refractivity (Wildman–Crippen MR) is 128 cm³/mol. The Kier molecular flexibility index (Phi) is 6.60. The number of fused-ring (bicyclic) bond motifs is 1. The molecule has 0 aliphatic carbocycles. The van der Waals surface area contributed by atoms with Gasteiger partial charge in [-0.15, -0.1) is 11.8 Å². The van der Waals surface area contributed by atoms with Crippen LogP contribution in [0.5, 0.6) is 0 Å². The maximum absolute atomic E-state index is 12.7. The van der Waals surface area contributed by atoms with Gasteiger partial charge in [0.15, 0.2) is 5.16 Å². The molecule has 1 N–H and O–H groups in total. The number of thioether (sulfide) groups is 2. The number of anilines is 1. The quantitative estimate of drug-likeness (QED) is 0.371. The van der Waals surface area contributed by atoms with Crippen LogP contribution in [0.25, 0.3) is 16.7 Å². The van der Waals surface area contributed by atoms with E-state index in [-0.39, 0.29) is 11.7 Å². The number of hydrogen-bond acceptors (Lipinski definition) is 5. The van der Waals surface area contributed by atoms with Crippen LogP contribution in [0, 0.1) is 18.3 Å². The lowest BCUT2D eigenvalue weighted by molar-refractivity contribution is -0.113. The van der Waals surface area contributed by atoms with Crippen molar-refractivity contribution in [1.82, 2.24) is 9.55 Å². The standard InChI is InChI=1S/C24H20N4OS2/c1-17-10-12-18(13-11-17)28-21-8-4-2-6-19(21)27-24(28)31-16-23(29)26-20-7-3-5-9-22(20)30-15-14-25/h2-13H,15-16H2,1H3,(H,26,29). The van der Waals surface area contributed by atoms with Crippen LogP contribution in [0.15, 0.2) is 82.8 Å². The average Bonchev–Trinajstić information content (AvgIpc) is 3.16. The van der Waals surface area contributed by atoms with Crippen molar-refractivity contribution >= 4 is 46.2 Å². The first-order valence-corrected chi connectivity index (χ1v) is 11.7. The number of carbonyl (C=O) groups is 1. The summed E-state index contributed by atoms with van der Waals surface area (Å²) in [5.41, 5.74) is 4.83. The molecule has 5 nitrogen and oxygen atoms in total. The van der Waals surface area contributed by atoms with E-state index < -0.39 is 0 Å². The largest absolute Gasteiger partial charge is 0.324 e. The van der Waals surface area contributed by atoms with Crippen molar-refractivity contribution in [2.24, 2.45) is 0 Å². The molecule has 4 aromatic rings. The Morgan fingerprint density at radius 3 is 2.58 bits per heavy atom.